The molecule has 0 atom stereocenters. The molecule has 0 saturated heterocycles. The van der Waals surface area contributed by atoms with Crippen molar-refractivity contribution in [2.24, 2.45) is 5.41 Å². The highest BCUT2D eigenvalue weighted by Crippen LogP contribution is 2.38. The summed E-state index contributed by atoms with van der Waals surface area (Å²) in [6.45, 7) is 8.16. The summed E-state index contributed by atoms with van der Waals surface area (Å²) in [5, 5.41) is 3.05. The van der Waals surface area contributed by atoms with Crippen LogP contribution in [0.1, 0.15) is 30.9 Å². The van der Waals surface area contributed by atoms with Gasteiger partial charge in [0.1, 0.15) is 12.4 Å². The van der Waals surface area contributed by atoms with Crippen LogP contribution in [0.15, 0.2) is 91.5 Å². The molecular formula is C28H28N2O3. The van der Waals surface area contributed by atoms with E-state index in [-0.39, 0.29) is 18.4 Å². The molecule has 0 bridgehead atoms. The van der Waals surface area contributed by atoms with Crippen LogP contribution in [0.3, 0.4) is 0 Å². The van der Waals surface area contributed by atoms with Crippen molar-refractivity contribution in [3.05, 3.63) is 103 Å². The molecule has 1 N–H and O–H groups in total. The largest absolute Gasteiger partial charge is 0.490 e. The number of amides is 2. The average Bonchev–Trinajstić information content (AvgIpc) is 2.91. The maximum absolute atomic E-state index is 13.5. The number of carbonyl (C=O) groups excluding carboxylic acids is 2. The summed E-state index contributed by atoms with van der Waals surface area (Å²) in [5.41, 5.74) is 2.37. The highest BCUT2D eigenvalue weighted by atomic mass is 16.5. The van der Waals surface area contributed by atoms with E-state index in [1.54, 1.807) is 29.2 Å². The molecule has 1 aliphatic heterocycles. The number of hydrogen-bond acceptors (Lipinski definition) is 3. The van der Waals surface area contributed by atoms with Gasteiger partial charge in [-0.1, -0.05) is 66.7 Å². The van der Waals surface area contributed by atoms with E-state index in [9.17, 15) is 9.59 Å². The normalized spacial score (nSPS) is 14.8. The van der Waals surface area contributed by atoms with Crippen LogP contribution in [0, 0.1) is 5.41 Å². The SMILES string of the molecule is C=CCN1C(=O)C(C)(C)COc2ccc(NC(=O)C(c3ccccc3)c3ccccc3)cc21. The van der Waals surface area contributed by atoms with Gasteiger partial charge in [0.05, 0.1) is 17.0 Å². The predicted molar refractivity (Wildman–Crippen MR) is 132 cm³/mol. The van der Waals surface area contributed by atoms with Gasteiger partial charge in [0.2, 0.25) is 11.8 Å². The molecule has 5 nitrogen and oxygen atoms in total. The molecule has 0 aliphatic carbocycles. The van der Waals surface area contributed by atoms with Crippen molar-refractivity contribution >= 4 is 23.2 Å². The fraction of sp³-hybridized carbons (Fsp3) is 0.214. The van der Waals surface area contributed by atoms with Gasteiger partial charge in [0.15, 0.2) is 0 Å². The van der Waals surface area contributed by atoms with Crippen LogP contribution in [-0.4, -0.2) is 25.0 Å². The van der Waals surface area contributed by atoms with E-state index in [0.29, 0.717) is 23.7 Å². The molecule has 1 aliphatic rings. The fourth-order valence-electron chi connectivity index (χ4n) is 4.03. The van der Waals surface area contributed by atoms with Crippen molar-refractivity contribution in [2.45, 2.75) is 19.8 Å². The number of nitrogens with one attached hydrogen (secondary N) is 1. The fourth-order valence-corrected chi connectivity index (χ4v) is 4.03. The van der Waals surface area contributed by atoms with Gasteiger partial charge in [0, 0.05) is 12.2 Å². The molecule has 168 valence electrons. The van der Waals surface area contributed by atoms with Gasteiger partial charge >= 0.3 is 0 Å². The molecule has 0 aromatic heterocycles. The molecule has 1 heterocycles. The monoisotopic (exact) mass is 440 g/mol. The molecular weight excluding hydrogens is 412 g/mol. The van der Waals surface area contributed by atoms with Crippen molar-refractivity contribution in [3.8, 4) is 5.75 Å². The Kier molecular flexibility index (Phi) is 6.31. The van der Waals surface area contributed by atoms with Crippen LogP contribution in [0.5, 0.6) is 5.75 Å². The zero-order valence-electron chi connectivity index (χ0n) is 19.0. The summed E-state index contributed by atoms with van der Waals surface area (Å²) < 4.78 is 5.95. The third-order valence-electron chi connectivity index (χ3n) is 5.77. The molecule has 5 heteroatoms. The van der Waals surface area contributed by atoms with Crippen LogP contribution < -0.4 is 15.0 Å². The Morgan fingerprint density at radius 2 is 1.67 bits per heavy atom. The minimum absolute atomic E-state index is 0.0453. The summed E-state index contributed by atoms with van der Waals surface area (Å²) in [6, 6.07) is 24.8. The maximum atomic E-state index is 13.5. The Morgan fingerprint density at radius 1 is 1.06 bits per heavy atom. The van der Waals surface area contributed by atoms with E-state index in [2.05, 4.69) is 11.9 Å². The minimum atomic E-state index is -0.669. The second-order valence-corrected chi connectivity index (χ2v) is 8.80. The van der Waals surface area contributed by atoms with E-state index in [1.165, 1.54) is 0 Å². The quantitative estimate of drug-likeness (QED) is 0.523. The number of benzene rings is 3. The second kappa shape index (κ2) is 9.33. The third kappa shape index (κ3) is 4.67. The molecule has 0 fully saturated rings. The standard InChI is InChI=1S/C28H28N2O3/c1-4-17-30-23-18-22(15-16-24(23)33-19-28(2,3)27(30)32)29-26(31)25(20-11-7-5-8-12-20)21-13-9-6-10-14-21/h4-16,18,25H,1,17,19H2,2-3H3,(H,29,31). The van der Waals surface area contributed by atoms with E-state index in [1.807, 2.05) is 74.5 Å². The lowest BCUT2D eigenvalue weighted by Crippen LogP contribution is -2.42. The van der Waals surface area contributed by atoms with Gasteiger partial charge in [-0.15, -0.1) is 6.58 Å². The average molecular weight is 441 g/mol. The van der Waals surface area contributed by atoms with Crippen LogP contribution in [0.4, 0.5) is 11.4 Å². The summed E-state index contributed by atoms with van der Waals surface area (Å²) >= 11 is 0. The van der Waals surface area contributed by atoms with Crippen molar-refractivity contribution in [2.75, 3.05) is 23.4 Å². The van der Waals surface area contributed by atoms with Crippen LogP contribution in [0.2, 0.25) is 0 Å². The number of rotatable bonds is 6. The van der Waals surface area contributed by atoms with E-state index in [4.69, 9.17) is 4.74 Å². The van der Waals surface area contributed by atoms with E-state index in [0.717, 1.165) is 11.1 Å². The molecule has 33 heavy (non-hydrogen) atoms. The van der Waals surface area contributed by atoms with Gasteiger partial charge in [-0.3, -0.25) is 9.59 Å². The van der Waals surface area contributed by atoms with Gasteiger partial charge in [-0.05, 0) is 43.2 Å². The van der Waals surface area contributed by atoms with Gasteiger partial charge < -0.3 is 15.0 Å². The number of carbonyl (C=O) groups is 2. The minimum Gasteiger partial charge on any atom is -0.490 e. The topological polar surface area (TPSA) is 58.6 Å². The molecule has 0 spiro atoms. The van der Waals surface area contributed by atoms with Crippen molar-refractivity contribution in [3.63, 3.8) is 0 Å². The summed E-state index contributed by atoms with van der Waals surface area (Å²) in [4.78, 5) is 28.3. The number of anilines is 2. The first-order chi connectivity index (χ1) is 15.9. The summed E-state index contributed by atoms with van der Waals surface area (Å²) in [6.07, 6.45) is 1.69. The Morgan fingerprint density at radius 3 is 2.24 bits per heavy atom. The molecule has 3 aromatic rings. The first kappa shape index (κ1) is 22.3. The smallest absolute Gasteiger partial charge is 0.236 e. The molecule has 0 saturated carbocycles. The molecule has 0 radical (unpaired) electrons. The first-order valence-corrected chi connectivity index (χ1v) is 11.0. The second-order valence-electron chi connectivity index (χ2n) is 8.80. The Balaban J connectivity index is 1.68. The first-order valence-electron chi connectivity index (χ1n) is 11.0. The number of nitrogens with zero attached hydrogens (tertiary/aromatic N) is 1. The lowest BCUT2D eigenvalue weighted by Gasteiger charge is -2.27. The van der Waals surface area contributed by atoms with E-state index >= 15 is 0 Å². The van der Waals surface area contributed by atoms with Crippen LogP contribution in [-0.2, 0) is 9.59 Å². The summed E-state index contributed by atoms with van der Waals surface area (Å²) in [7, 11) is 0. The van der Waals surface area contributed by atoms with Crippen molar-refractivity contribution in [1.29, 1.82) is 0 Å². The van der Waals surface area contributed by atoms with Crippen molar-refractivity contribution < 1.29 is 14.3 Å². The number of hydrogen-bond donors (Lipinski definition) is 1. The zero-order chi connectivity index (χ0) is 23.4. The van der Waals surface area contributed by atoms with Gasteiger partial charge in [-0.2, -0.15) is 0 Å². The Hall–Kier alpha value is -3.86. The Labute approximate surface area is 194 Å². The molecule has 4 rings (SSSR count). The lowest BCUT2D eigenvalue weighted by atomic mass is 9.90. The highest BCUT2D eigenvalue weighted by molar-refractivity contribution is 6.02. The van der Waals surface area contributed by atoms with Gasteiger partial charge in [0.25, 0.3) is 0 Å². The molecule has 0 unspecified atom stereocenters. The number of ether oxygens (including phenoxy) is 1. The van der Waals surface area contributed by atoms with Crippen LogP contribution in [0.25, 0.3) is 0 Å². The zero-order valence-corrected chi connectivity index (χ0v) is 19.0. The predicted octanol–water partition coefficient (Wildman–Crippen LogP) is 5.39. The highest BCUT2D eigenvalue weighted by Gasteiger charge is 2.37. The maximum Gasteiger partial charge on any atom is 0.236 e. The van der Waals surface area contributed by atoms with Crippen LogP contribution >= 0.6 is 0 Å². The molecule has 3 aromatic carbocycles. The lowest BCUT2D eigenvalue weighted by molar-refractivity contribution is -0.127. The molecule has 2 amide bonds. The van der Waals surface area contributed by atoms with Crippen molar-refractivity contribution in [1.82, 2.24) is 0 Å². The third-order valence-corrected chi connectivity index (χ3v) is 5.77. The Bertz CT molecular complexity index is 1120. The van der Waals surface area contributed by atoms with E-state index < -0.39 is 11.3 Å². The number of fused-ring (bicyclic) bond motifs is 1. The van der Waals surface area contributed by atoms with Gasteiger partial charge in [-0.25, -0.2) is 0 Å². The summed E-state index contributed by atoms with van der Waals surface area (Å²) in [5.74, 6) is -0.0522.